The van der Waals surface area contributed by atoms with E-state index in [1.807, 2.05) is 6.92 Å². The lowest BCUT2D eigenvalue weighted by atomic mass is 10.1. The zero-order chi connectivity index (χ0) is 21.5. The molecule has 154 valence electrons. The standard InChI is InChI=1S/C20H16F3N5O2/c1-12-11-28(16-5-4-13(9-25-16)20(21,22)23)19(30)17-15(6-8-27(12)17)18(29)26-14-3-2-7-24-10-14/h2-10,12H,11H2,1H3,(H,26,29)/t12-/m0/s1. The molecule has 4 rings (SSSR count). The number of aromatic nitrogens is 3. The third kappa shape index (κ3) is 3.51. The molecule has 0 aliphatic carbocycles. The lowest BCUT2D eigenvalue weighted by Crippen LogP contribution is -2.43. The highest BCUT2D eigenvalue weighted by Crippen LogP contribution is 2.32. The Morgan fingerprint density at radius 1 is 1.20 bits per heavy atom. The molecular weight excluding hydrogens is 399 g/mol. The topological polar surface area (TPSA) is 80.1 Å². The summed E-state index contributed by atoms with van der Waals surface area (Å²) in [5, 5.41) is 2.68. The van der Waals surface area contributed by atoms with Gasteiger partial charge in [0.25, 0.3) is 11.8 Å². The fourth-order valence-electron chi connectivity index (χ4n) is 3.33. The Kier molecular flexibility index (Phi) is 4.76. The number of anilines is 2. The smallest absolute Gasteiger partial charge is 0.338 e. The van der Waals surface area contributed by atoms with Gasteiger partial charge in [0.05, 0.1) is 23.0 Å². The van der Waals surface area contributed by atoms with Crippen LogP contribution < -0.4 is 10.2 Å². The Morgan fingerprint density at radius 3 is 2.63 bits per heavy atom. The molecule has 4 heterocycles. The van der Waals surface area contributed by atoms with Gasteiger partial charge in [-0.1, -0.05) is 0 Å². The summed E-state index contributed by atoms with van der Waals surface area (Å²) < 4.78 is 40.1. The predicted molar refractivity (Wildman–Crippen MR) is 102 cm³/mol. The molecule has 0 spiro atoms. The molecule has 7 nitrogen and oxygen atoms in total. The summed E-state index contributed by atoms with van der Waals surface area (Å²) >= 11 is 0. The van der Waals surface area contributed by atoms with Gasteiger partial charge < -0.3 is 9.88 Å². The van der Waals surface area contributed by atoms with Crippen molar-refractivity contribution in [2.24, 2.45) is 0 Å². The molecule has 2 amide bonds. The molecule has 0 saturated carbocycles. The van der Waals surface area contributed by atoms with E-state index in [-0.39, 0.29) is 29.7 Å². The molecule has 1 N–H and O–H groups in total. The summed E-state index contributed by atoms with van der Waals surface area (Å²) in [6, 6.07) is 6.69. The number of amides is 2. The average molecular weight is 415 g/mol. The SMILES string of the molecule is C[C@H]1CN(c2ccc(C(F)(F)F)cn2)C(=O)c2c(C(=O)Nc3cccnc3)ccn21. The van der Waals surface area contributed by atoms with Crippen LogP contribution >= 0.6 is 0 Å². The second-order valence-corrected chi connectivity index (χ2v) is 6.85. The Balaban J connectivity index is 1.65. The van der Waals surface area contributed by atoms with Crippen molar-refractivity contribution in [3.63, 3.8) is 0 Å². The van der Waals surface area contributed by atoms with Crippen molar-refractivity contribution >= 4 is 23.3 Å². The zero-order valence-electron chi connectivity index (χ0n) is 15.7. The number of carbonyl (C=O) groups is 2. The Bertz CT molecular complexity index is 1090. The second-order valence-electron chi connectivity index (χ2n) is 6.85. The maximum atomic E-state index is 13.1. The van der Waals surface area contributed by atoms with Crippen molar-refractivity contribution in [1.82, 2.24) is 14.5 Å². The van der Waals surface area contributed by atoms with Gasteiger partial charge in [-0.15, -0.1) is 0 Å². The Morgan fingerprint density at radius 2 is 2.00 bits per heavy atom. The molecule has 0 aromatic carbocycles. The summed E-state index contributed by atoms with van der Waals surface area (Å²) in [6.45, 7) is 2.05. The predicted octanol–water partition coefficient (Wildman–Crippen LogP) is 3.77. The second kappa shape index (κ2) is 7.29. The molecule has 0 radical (unpaired) electrons. The van der Waals surface area contributed by atoms with Gasteiger partial charge in [-0.25, -0.2) is 4.98 Å². The summed E-state index contributed by atoms with van der Waals surface area (Å²) in [7, 11) is 0. The molecule has 0 saturated heterocycles. The van der Waals surface area contributed by atoms with Gasteiger partial charge in [0.2, 0.25) is 0 Å². The molecule has 1 aliphatic rings. The fourth-order valence-corrected chi connectivity index (χ4v) is 3.33. The average Bonchev–Trinajstić information content (AvgIpc) is 3.17. The minimum atomic E-state index is -4.52. The van der Waals surface area contributed by atoms with Crippen LogP contribution in [0.5, 0.6) is 0 Å². The number of carbonyl (C=O) groups excluding carboxylic acids is 2. The largest absolute Gasteiger partial charge is 0.417 e. The summed E-state index contributed by atoms with van der Waals surface area (Å²) in [6.07, 6.45) is 0.862. The van der Waals surface area contributed by atoms with Crippen molar-refractivity contribution in [3.8, 4) is 0 Å². The van der Waals surface area contributed by atoms with Crippen LogP contribution in [-0.4, -0.2) is 32.9 Å². The number of hydrogen-bond acceptors (Lipinski definition) is 4. The lowest BCUT2D eigenvalue weighted by Gasteiger charge is -2.32. The van der Waals surface area contributed by atoms with Crippen LogP contribution in [0.3, 0.4) is 0 Å². The number of rotatable bonds is 3. The van der Waals surface area contributed by atoms with E-state index in [0.29, 0.717) is 11.9 Å². The van der Waals surface area contributed by atoms with E-state index in [1.54, 1.807) is 35.2 Å². The van der Waals surface area contributed by atoms with Crippen LogP contribution in [0.1, 0.15) is 39.4 Å². The number of nitrogens with zero attached hydrogens (tertiary/aromatic N) is 4. The van der Waals surface area contributed by atoms with Crippen molar-refractivity contribution in [1.29, 1.82) is 0 Å². The van der Waals surface area contributed by atoms with E-state index in [1.165, 1.54) is 11.1 Å². The summed E-state index contributed by atoms with van der Waals surface area (Å²) in [4.78, 5) is 34.9. The highest BCUT2D eigenvalue weighted by atomic mass is 19.4. The molecule has 3 aromatic rings. The Labute approximate surface area is 169 Å². The summed E-state index contributed by atoms with van der Waals surface area (Å²) in [5.41, 5.74) is -0.118. The number of pyridine rings is 2. The summed E-state index contributed by atoms with van der Waals surface area (Å²) in [5.74, 6) is -0.910. The van der Waals surface area contributed by atoms with E-state index >= 15 is 0 Å². The minimum Gasteiger partial charge on any atom is -0.338 e. The molecule has 1 aliphatic heterocycles. The van der Waals surface area contributed by atoms with Crippen LogP contribution in [0.25, 0.3) is 0 Å². The van der Waals surface area contributed by atoms with Crippen molar-refractivity contribution in [2.75, 3.05) is 16.8 Å². The first kappa shape index (κ1) is 19.6. The van der Waals surface area contributed by atoms with Crippen LogP contribution in [0.4, 0.5) is 24.7 Å². The third-order valence-electron chi connectivity index (χ3n) is 4.80. The quantitative estimate of drug-likeness (QED) is 0.706. The van der Waals surface area contributed by atoms with Gasteiger partial charge in [0, 0.05) is 31.2 Å². The first-order valence-electron chi connectivity index (χ1n) is 9.03. The van der Waals surface area contributed by atoms with Gasteiger partial charge in [0.15, 0.2) is 0 Å². The highest BCUT2D eigenvalue weighted by Gasteiger charge is 2.35. The van der Waals surface area contributed by atoms with Crippen molar-refractivity contribution < 1.29 is 22.8 Å². The molecule has 3 aromatic heterocycles. The Hall–Kier alpha value is -3.69. The molecule has 30 heavy (non-hydrogen) atoms. The number of nitrogens with one attached hydrogen (secondary N) is 1. The molecule has 0 unspecified atom stereocenters. The van der Waals surface area contributed by atoms with E-state index < -0.39 is 23.6 Å². The van der Waals surface area contributed by atoms with Gasteiger partial charge >= 0.3 is 6.18 Å². The molecule has 10 heteroatoms. The lowest BCUT2D eigenvalue weighted by molar-refractivity contribution is -0.137. The van der Waals surface area contributed by atoms with E-state index in [2.05, 4.69) is 15.3 Å². The van der Waals surface area contributed by atoms with Gasteiger partial charge in [-0.3, -0.25) is 19.5 Å². The van der Waals surface area contributed by atoms with Crippen LogP contribution in [0.15, 0.2) is 55.1 Å². The maximum Gasteiger partial charge on any atom is 0.417 e. The van der Waals surface area contributed by atoms with Crippen molar-refractivity contribution in [2.45, 2.75) is 19.1 Å². The molecule has 0 bridgehead atoms. The van der Waals surface area contributed by atoms with Gasteiger partial charge in [0.1, 0.15) is 11.5 Å². The number of fused-ring (bicyclic) bond motifs is 1. The molecular formula is C20H16F3N5O2. The first-order chi connectivity index (χ1) is 14.3. The van der Waals surface area contributed by atoms with Gasteiger partial charge in [-0.05, 0) is 37.3 Å². The van der Waals surface area contributed by atoms with Crippen LogP contribution in [0, 0.1) is 0 Å². The molecule has 1 atom stereocenters. The maximum absolute atomic E-state index is 13.1. The van der Waals surface area contributed by atoms with Gasteiger partial charge in [-0.2, -0.15) is 13.2 Å². The normalized spacial score (nSPS) is 16.3. The third-order valence-corrected chi connectivity index (χ3v) is 4.80. The number of alkyl halides is 3. The zero-order valence-corrected chi connectivity index (χ0v) is 15.7. The number of halogens is 3. The molecule has 0 fully saturated rings. The highest BCUT2D eigenvalue weighted by molar-refractivity contribution is 6.15. The van der Waals surface area contributed by atoms with E-state index in [4.69, 9.17) is 0 Å². The van der Waals surface area contributed by atoms with E-state index in [0.717, 1.165) is 12.1 Å². The first-order valence-corrected chi connectivity index (χ1v) is 9.03. The van der Waals surface area contributed by atoms with Crippen LogP contribution in [-0.2, 0) is 6.18 Å². The monoisotopic (exact) mass is 415 g/mol. The minimum absolute atomic E-state index is 0.0888. The van der Waals surface area contributed by atoms with Crippen LogP contribution in [0.2, 0.25) is 0 Å². The van der Waals surface area contributed by atoms with Crippen molar-refractivity contribution in [3.05, 3.63) is 71.9 Å². The fraction of sp³-hybridized carbons (Fsp3) is 0.200. The number of hydrogen-bond donors (Lipinski definition) is 1. The van der Waals surface area contributed by atoms with E-state index in [9.17, 15) is 22.8 Å².